The number of rotatable bonds is 3. The number of hydrogen-bond donors (Lipinski definition) is 0. The van der Waals surface area contributed by atoms with Crippen LogP contribution in [0.5, 0.6) is 0 Å². The largest absolute Gasteiger partial charge is 0.337 e. The summed E-state index contributed by atoms with van der Waals surface area (Å²) in [5.74, 6) is 1.26. The minimum atomic E-state index is -0.0741. The van der Waals surface area contributed by atoms with Gasteiger partial charge in [0.05, 0.1) is 0 Å². The van der Waals surface area contributed by atoms with Crippen LogP contribution >= 0.6 is 0 Å². The van der Waals surface area contributed by atoms with E-state index < -0.39 is 0 Å². The molecule has 146 valence electrons. The van der Waals surface area contributed by atoms with Crippen LogP contribution in [0.4, 0.5) is 17.6 Å². The topological polar surface area (TPSA) is 78.4 Å². The molecule has 0 radical (unpaired) electrons. The van der Waals surface area contributed by atoms with Crippen molar-refractivity contribution in [2.75, 3.05) is 47.4 Å². The van der Waals surface area contributed by atoms with Crippen LogP contribution in [0.1, 0.15) is 16.1 Å². The van der Waals surface area contributed by atoms with E-state index in [4.69, 9.17) is 0 Å². The average Bonchev–Trinajstić information content (AvgIpc) is 3.24. The standard InChI is InChI=1S/C21H21N7O/c29-19(28-11-7-16-4-1-2-5-18(16)28)17-6-10-24-21(25-17)27-14-12-26(13-15-27)20-22-8-3-9-23-20/h1-6,8-10H,7,11-15H2. The van der Waals surface area contributed by atoms with Crippen LogP contribution in [0.2, 0.25) is 0 Å². The van der Waals surface area contributed by atoms with Crippen LogP contribution in [-0.2, 0) is 6.42 Å². The predicted octanol–water partition coefficient (Wildman–Crippen LogP) is 1.80. The second-order valence-corrected chi connectivity index (χ2v) is 7.10. The van der Waals surface area contributed by atoms with Crippen molar-refractivity contribution >= 4 is 23.5 Å². The summed E-state index contributed by atoms with van der Waals surface area (Å²) in [6.45, 7) is 3.76. The minimum Gasteiger partial charge on any atom is -0.337 e. The van der Waals surface area contributed by atoms with E-state index in [1.165, 1.54) is 5.56 Å². The summed E-state index contributed by atoms with van der Waals surface area (Å²) >= 11 is 0. The van der Waals surface area contributed by atoms with Gasteiger partial charge >= 0.3 is 0 Å². The molecule has 8 nitrogen and oxygen atoms in total. The van der Waals surface area contributed by atoms with Crippen LogP contribution < -0.4 is 14.7 Å². The molecule has 2 aliphatic heterocycles. The molecule has 1 aromatic carbocycles. The fraction of sp³-hybridized carbons (Fsp3) is 0.286. The summed E-state index contributed by atoms with van der Waals surface area (Å²) in [6.07, 6.45) is 6.06. The van der Waals surface area contributed by atoms with Crippen LogP contribution in [0, 0.1) is 0 Å². The highest BCUT2D eigenvalue weighted by atomic mass is 16.2. The van der Waals surface area contributed by atoms with Gasteiger partial charge in [-0.2, -0.15) is 0 Å². The van der Waals surface area contributed by atoms with Crippen LogP contribution in [0.25, 0.3) is 0 Å². The van der Waals surface area contributed by atoms with Crippen molar-refractivity contribution in [1.82, 2.24) is 19.9 Å². The van der Waals surface area contributed by atoms with Crippen LogP contribution in [-0.4, -0.2) is 58.6 Å². The number of fused-ring (bicyclic) bond motifs is 1. The van der Waals surface area contributed by atoms with Crippen molar-refractivity contribution < 1.29 is 4.79 Å². The van der Waals surface area contributed by atoms with Gasteiger partial charge in [-0.15, -0.1) is 0 Å². The summed E-state index contributed by atoms with van der Waals surface area (Å²) in [5.41, 5.74) is 2.61. The Bertz CT molecular complexity index is 1020. The Morgan fingerprint density at radius 3 is 2.24 bits per heavy atom. The van der Waals surface area contributed by atoms with Crippen LogP contribution in [0.3, 0.4) is 0 Å². The Morgan fingerprint density at radius 2 is 1.45 bits per heavy atom. The van der Waals surface area contributed by atoms with Gasteiger partial charge in [0.1, 0.15) is 5.69 Å². The molecular formula is C21H21N7O. The molecule has 0 N–H and O–H groups in total. The predicted molar refractivity (Wildman–Crippen MR) is 110 cm³/mol. The molecule has 0 spiro atoms. The molecule has 2 aromatic heterocycles. The van der Waals surface area contributed by atoms with Gasteiger partial charge in [-0.05, 0) is 30.2 Å². The zero-order chi connectivity index (χ0) is 19.6. The van der Waals surface area contributed by atoms with Crippen molar-refractivity contribution in [2.24, 2.45) is 0 Å². The SMILES string of the molecule is O=C(c1ccnc(N2CCN(c3ncccn3)CC2)n1)N1CCc2ccccc21. The quantitative estimate of drug-likeness (QED) is 0.678. The minimum absolute atomic E-state index is 0.0741. The molecule has 0 atom stereocenters. The van der Waals surface area contributed by atoms with E-state index in [1.807, 2.05) is 29.2 Å². The molecule has 29 heavy (non-hydrogen) atoms. The summed E-state index contributed by atoms with van der Waals surface area (Å²) in [4.78, 5) is 36.8. The Kier molecular flexibility index (Phi) is 4.51. The maximum Gasteiger partial charge on any atom is 0.277 e. The lowest BCUT2D eigenvalue weighted by Gasteiger charge is -2.34. The van der Waals surface area contributed by atoms with Crippen molar-refractivity contribution in [3.63, 3.8) is 0 Å². The summed E-state index contributed by atoms with van der Waals surface area (Å²) in [6, 6.07) is 11.5. The van der Waals surface area contributed by atoms with Gasteiger partial charge < -0.3 is 14.7 Å². The average molecular weight is 387 g/mol. The highest BCUT2D eigenvalue weighted by molar-refractivity contribution is 6.06. The number of para-hydroxylation sites is 1. The molecule has 1 amide bonds. The van der Waals surface area contributed by atoms with Crippen LogP contribution in [0.15, 0.2) is 55.0 Å². The van der Waals surface area contributed by atoms with Gasteiger partial charge in [0.25, 0.3) is 5.91 Å². The van der Waals surface area contributed by atoms with Crippen molar-refractivity contribution in [1.29, 1.82) is 0 Å². The molecule has 1 saturated heterocycles. The van der Waals surface area contributed by atoms with Gasteiger partial charge in [0.2, 0.25) is 11.9 Å². The molecule has 0 unspecified atom stereocenters. The zero-order valence-electron chi connectivity index (χ0n) is 16.0. The van der Waals surface area contributed by atoms with E-state index in [0.29, 0.717) is 18.2 Å². The molecule has 8 heteroatoms. The normalized spacial score (nSPS) is 16.1. The first-order valence-electron chi connectivity index (χ1n) is 9.79. The maximum atomic E-state index is 13.1. The first-order chi connectivity index (χ1) is 14.3. The van der Waals surface area contributed by atoms with E-state index in [1.54, 1.807) is 24.7 Å². The molecule has 2 aliphatic rings. The Balaban J connectivity index is 1.30. The first kappa shape index (κ1) is 17.5. The second-order valence-electron chi connectivity index (χ2n) is 7.10. The van der Waals surface area contributed by atoms with E-state index in [0.717, 1.165) is 44.2 Å². The van der Waals surface area contributed by atoms with E-state index in [9.17, 15) is 4.79 Å². The molecule has 0 saturated carbocycles. The Hall–Kier alpha value is -3.55. The summed E-state index contributed by atoms with van der Waals surface area (Å²) in [5, 5.41) is 0. The number of anilines is 3. The first-order valence-corrected chi connectivity index (χ1v) is 9.79. The lowest BCUT2D eigenvalue weighted by Crippen LogP contribution is -2.47. The lowest BCUT2D eigenvalue weighted by atomic mass is 10.2. The number of carbonyl (C=O) groups excluding carboxylic acids is 1. The number of carbonyl (C=O) groups is 1. The maximum absolute atomic E-state index is 13.1. The highest BCUT2D eigenvalue weighted by Crippen LogP contribution is 2.28. The van der Waals surface area contributed by atoms with Gasteiger partial charge in [-0.1, -0.05) is 18.2 Å². The number of benzene rings is 1. The number of nitrogens with zero attached hydrogens (tertiary/aromatic N) is 7. The van der Waals surface area contributed by atoms with Gasteiger partial charge in [0.15, 0.2) is 0 Å². The number of aromatic nitrogens is 4. The van der Waals surface area contributed by atoms with Gasteiger partial charge in [-0.3, -0.25) is 4.79 Å². The summed E-state index contributed by atoms with van der Waals surface area (Å²) < 4.78 is 0. The van der Waals surface area contributed by atoms with E-state index >= 15 is 0 Å². The van der Waals surface area contributed by atoms with E-state index in [2.05, 4.69) is 35.8 Å². The fourth-order valence-corrected chi connectivity index (χ4v) is 3.87. The third kappa shape index (κ3) is 3.37. The van der Waals surface area contributed by atoms with Crippen molar-refractivity contribution in [3.05, 3.63) is 66.2 Å². The number of piperazine rings is 1. The number of hydrogen-bond acceptors (Lipinski definition) is 7. The molecular weight excluding hydrogens is 366 g/mol. The molecule has 0 aliphatic carbocycles. The van der Waals surface area contributed by atoms with Crippen molar-refractivity contribution in [3.8, 4) is 0 Å². The second kappa shape index (κ2) is 7.46. The summed E-state index contributed by atoms with van der Waals surface area (Å²) in [7, 11) is 0. The van der Waals surface area contributed by atoms with Gasteiger partial charge in [-0.25, -0.2) is 19.9 Å². The van der Waals surface area contributed by atoms with E-state index in [-0.39, 0.29) is 5.91 Å². The number of amides is 1. The highest BCUT2D eigenvalue weighted by Gasteiger charge is 2.27. The molecule has 3 aromatic rings. The lowest BCUT2D eigenvalue weighted by molar-refractivity contribution is 0.0984. The fourth-order valence-electron chi connectivity index (χ4n) is 3.87. The Labute approximate surface area is 168 Å². The third-order valence-electron chi connectivity index (χ3n) is 5.39. The molecule has 4 heterocycles. The van der Waals surface area contributed by atoms with Gasteiger partial charge in [0, 0.05) is 57.0 Å². The third-order valence-corrected chi connectivity index (χ3v) is 5.39. The van der Waals surface area contributed by atoms with Crippen molar-refractivity contribution in [2.45, 2.75) is 6.42 Å². The monoisotopic (exact) mass is 387 g/mol. The zero-order valence-corrected chi connectivity index (χ0v) is 16.0. The molecule has 0 bridgehead atoms. The molecule has 5 rings (SSSR count). The molecule has 1 fully saturated rings. The smallest absolute Gasteiger partial charge is 0.277 e. The Morgan fingerprint density at radius 1 is 0.759 bits per heavy atom.